The molecule has 2 atom stereocenters. The SMILES string of the molecule is O=C(NC1CC1)C(c1ccccc1)N1CCCC1Cn1cncn1. The second-order valence-corrected chi connectivity index (χ2v) is 6.75. The number of likely N-dealkylation sites (tertiary alicyclic amines) is 1. The molecule has 2 unspecified atom stereocenters. The summed E-state index contributed by atoms with van der Waals surface area (Å²) in [6.45, 7) is 1.72. The van der Waals surface area contributed by atoms with Gasteiger partial charge in [0.15, 0.2) is 0 Å². The summed E-state index contributed by atoms with van der Waals surface area (Å²) in [5, 5.41) is 7.42. The molecule has 2 aromatic rings. The molecular formula is C18H23N5O. The van der Waals surface area contributed by atoms with Crippen LogP contribution in [0.5, 0.6) is 0 Å². The molecule has 1 aliphatic heterocycles. The van der Waals surface area contributed by atoms with Crippen molar-refractivity contribution in [3.8, 4) is 0 Å². The molecule has 1 N–H and O–H groups in total. The van der Waals surface area contributed by atoms with Crippen molar-refractivity contribution in [2.45, 2.75) is 50.4 Å². The van der Waals surface area contributed by atoms with E-state index < -0.39 is 0 Å². The van der Waals surface area contributed by atoms with Gasteiger partial charge >= 0.3 is 0 Å². The summed E-state index contributed by atoms with van der Waals surface area (Å²) in [7, 11) is 0. The number of carbonyl (C=O) groups is 1. The van der Waals surface area contributed by atoms with Crippen LogP contribution >= 0.6 is 0 Å². The van der Waals surface area contributed by atoms with Crippen molar-refractivity contribution in [3.05, 3.63) is 48.5 Å². The third kappa shape index (κ3) is 3.33. The normalized spacial score (nSPS) is 22.4. The molecule has 1 aromatic heterocycles. The molecular weight excluding hydrogens is 302 g/mol. The van der Waals surface area contributed by atoms with Crippen LogP contribution in [0.25, 0.3) is 0 Å². The van der Waals surface area contributed by atoms with E-state index in [1.807, 2.05) is 22.9 Å². The van der Waals surface area contributed by atoms with Gasteiger partial charge < -0.3 is 5.32 Å². The lowest BCUT2D eigenvalue weighted by Crippen LogP contribution is -2.44. The molecule has 6 heteroatoms. The monoisotopic (exact) mass is 325 g/mol. The minimum atomic E-state index is -0.220. The van der Waals surface area contributed by atoms with Crippen LogP contribution in [0, 0.1) is 0 Å². The molecule has 4 rings (SSSR count). The number of nitrogens with zero attached hydrogens (tertiary/aromatic N) is 4. The van der Waals surface area contributed by atoms with Crippen LogP contribution in [-0.4, -0.2) is 44.2 Å². The van der Waals surface area contributed by atoms with Gasteiger partial charge in [0.25, 0.3) is 0 Å². The van der Waals surface area contributed by atoms with Gasteiger partial charge in [0.1, 0.15) is 18.7 Å². The van der Waals surface area contributed by atoms with Crippen LogP contribution in [0.15, 0.2) is 43.0 Å². The molecule has 0 radical (unpaired) electrons. The van der Waals surface area contributed by atoms with Crippen LogP contribution in [0.2, 0.25) is 0 Å². The van der Waals surface area contributed by atoms with Crippen LogP contribution in [0.1, 0.15) is 37.3 Å². The van der Waals surface area contributed by atoms with Gasteiger partial charge in [-0.25, -0.2) is 4.98 Å². The predicted octanol–water partition coefficient (Wildman–Crippen LogP) is 1.76. The van der Waals surface area contributed by atoms with Crippen molar-refractivity contribution in [1.82, 2.24) is 25.0 Å². The average Bonchev–Trinajstić information content (AvgIpc) is 3.07. The first-order chi connectivity index (χ1) is 11.8. The minimum Gasteiger partial charge on any atom is -0.352 e. The number of benzene rings is 1. The summed E-state index contributed by atoms with van der Waals surface area (Å²) < 4.78 is 1.86. The van der Waals surface area contributed by atoms with E-state index >= 15 is 0 Å². The molecule has 2 aliphatic rings. The quantitative estimate of drug-likeness (QED) is 0.879. The van der Waals surface area contributed by atoms with Gasteiger partial charge in [0.05, 0.1) is 6.54 Å². The molecule has 0 spiro atoms. The molecule has 0 bridgehead atoms. The van der Waals surface area contributed by atoms with Gasteiger partial charge in [0, 0.05) is 12.1 Å². The molecule has 1 aromatic carbocycles. The Morgan fingerprint density at radius 2 is 2.08 bits per heavy atom. The summed E-state index contributed by atoms with van der Waals surface area (Å²) in [4.78, 5) is 19.3. The van der Waals surface area contributed by atoms with Crippen molar-refractivity contribution < 1.29 is 4.79 Å². The Kier molecular flexibility index (Phi) is 4.30. The van der Waals surface area contributed by atoms with E-state index in [2.05, 4.69) is 32.4 Å². The highest BCUT2D eigenvalue weighted by Gasteiger charge is 2.37. The Balaban J connectivity index is 1.57. The number of nitrogens with one attached hydrogen (secondary N) is 1. The zero-order valence-corrected chi connectivity index (χ0v) is 13.7. The van der Waals surface area contributed by atoms with Crippen molar-refractivity contribution in [1.29, 1.82) is 0 Å². The zero-order chi connectivity index (χ0) is 16.4. The summed E-state index contributed by atoms with van der Waals surface area (Å²) >= 11 is 0. The first kappa shape index (κ1) is 15.3. The number of hydrogen-bond acceptors (Lipinski definition) is 4. The highest BCUT2D eigenvalue weighted by molar-refractivity contribution is 5.83. The fourth-order valence-corrected chi connectivity index (χ4v) is 3.57. The smallest absolute Gasteiger partial charge is 0.242 e. The third-order valence-electron chi connectivity index (χ3n) is 4.91. The van der Waals surface area contributed by atoms with Crippen molar-refractivity contribution in [3.63, 3.8) is 0 Å². The summed E-state index contributed by atoms with van der Waals surface area (Å²) in [6.07, 6.45) is 7.72. The molecule has 2 fully saturated rings. The molecule has 2 heterocycles. The lowest BCUT2D eigenvalue weighted by molar-refractivity contribution is -0.127. The van der Waals surface area contributed by atoms with E-state index in [0.717, 1.165) is 44.3 Å². The van der Waals surface area contributed by atoms with Gasteiger partial charge in [-0.05, 0) is 37.8 Å². The largest absolute Gasteiger partial charge is 0.352 e. The number of amides is 1. The van der Waals surface area contributed by atoms with Gasteiger partial charge in [-0.15, -0.1) is 0 Å². The van der Waals surface area contributed by atoms with Gasteiger partial charge in [-0.2, -0.15) is 5.10 Å². The first-order valence-corrected chi connectivity index (χ1v) is 8.75. The maximum Gasteiger partial charge on any atom is 0.242 e. The number of rotatable bonds is 6. The van der Waals surface area contributed by atoms with Crippen molar-refractivity contribution >= 4 is 5.91 Å². The maximum absolute atomic E-state index is 12.9. The molecule has 6 nitrogen and oxygen atoms in total. The minimum absolute atomic E-state index is 0.134. The third-order valence-corrected chi connectivity index (χ3v) is 4.91. The van der Waals surface area contributed by atoms with E-state index in [-0.39, 0.29) is 11.9 Å². The van der Waals surface area contributed by atoms with E-state index in [1.165, 1.54) is 0 Å². The van der Waals surface area contributed by atoms with Crippen LogP contribution in [0.4, 0.5) is 0 Å². The fraction of sp³-hybridized carbons (Fsp3) is 0.500. The number of carbonyl (C=O) groups excluding carboxylic acids is 1. The van der Waals surface area contributed by atoms with Crippen molar-refractivity contribution in [2.75, 3.05) is 6.54 Å². The molecule has 1 saturated heterocycles. The summed E-state index contributed by atoms with van der Waals surface area (Å²) in [5.41, 5.74) is 1.07. The number of aromatic nitrogens is 3. The van der Waals surface area contributed by atoms with Gasteiger partial charge in [-0.3, -0.25) is 14.4 Å². The fourth-order valence-electron chi connectivity index (χ4n) is 3.57. The Hall–Kier alpha value is -2.21. The maximum atomic E-state index is 12.9. The Labute approximate surface area is 141 Å². The van der Waals surface area contributed by atoms with Crippen LogP contribution in [-0.2, 0) is 11.3 Å². The van der Waals surface area contributed by atoms with Crippen LogP contribution in [0.3, 0.4) is 0 Å². The summed E-state index contributed by atoms with van der Waals surface area (Å²) in [5.74, 6) is 0.134. The van der Waals surface area contributed by atoms with Gasteiger partial charge in [0.2, 0.25) is 5.91 Å². The molecule has 126 valence electrons. The standard InChI is InChI=1S/C18H23N5O/c24-18(21-15-8-9-15)17(14-5-2-1-3-6-14)23-10-4-7-16(23)11-22-13-19-12-20-22/h1-3,5-6,12-13,15-17H,4,7-11H2,(H,21,24). The topological polar surface area (TPSA) is 63.1 Å². The number of hydrogen-bond donors (Lipinski definition) is 1. The van der Waals surface area contributed by atoms with E-state index in [1.54, 1.807) is 12.7 Å². The average molecular weight is 325 g/mol. The Morgan fingerprint density at radius 3 is 2.79 bits per heavy atom. The van der Waals surface area contributed by atoms with Gasteiger partial charge in [-0.1, -0.05) is 30.3 Å². The lowest BCUT2D eigenvalue weighted by Gasteiger charge is -2.32. The Morgan fingerprint density at radius 1 is 1.25 bits per heavy atom. The molecule has 1 aliphatic carbocycles. The predicted molar refractivity (Wildman–Crippen MR) is 90.1 cm³/mol. The molecule has 24 heavy (non-hydrogen) atoms. The molecule has 1 saturated carbocycles. The van der Waals surface area contributed by atoms with E-state index in [4.69, 9.17) is 0 Å². The lowest BCUT2D eigenvalue weighted by atomic mass is 10.0. The highest BCUT2D eigenvalue weighted by atomic mass is 16.2. The first-order valence-electron chi connectivity index (χ1n) is 8.75. The van der Waals surface area contributed by atoms with Crippen molar-refractivity contribution in [2.24, 2.45) is 0 Å². The zero-order valence-electron chi connectivity index (χ0n) is 13.7. The van der Waals surface area contributed by atoms with Crippen LogP contribution < -0.4 is 5.32 Å². The van der Waals surface area contributed by atoms with E-state index in [0.29, 0.717) is 12.1 Å². The molecule has 1 amide bonds. The Bertz CT molecular complexity index is 668. The second-order valence-electron chi connectivity index (χ2n) is 6.75. The summed E-state index contributed by atoms with van der Waals surface area (Å²) in [6, 6.07) is 10.6. The van der Waals surface area contributed by atoms with E-state index in [9.17, 15) is 4.79 Å². The highest BCUT2D eigenvalue weighted by Crippen LogP contribution is 2.31. The second kappa shape index (κ2) is 6.73.